The van der Waals surface area contributed by atoms with E-state index in [1.54, 1.807) is 0 Å². The smallest absolute Gasteiger partial charge is 0.340 e. The van der Waals surface area contributed by atoms with Gasteiger partial charge in [-0.15, -0.1) is 0 Å². The summed E-state index contributed by atoms with van der Waals surface area (Å²) in [4.78, 5) is 33.8. The average Bonchev–Trinajstić information content (AvgIpc) is 2.34. The van der Waals surface area contributed by atoms with E-state index < -0.39 is 26.7 Å². The van der Waals surface area contributed by atoms with Crippen molar-refractivity contribution >= 4 is 65.6 Å². The van der Waals surface area contributed by atoms with Crippen LogP contribution in [0.1, 0.15) is 20.7 Å². The molecule has 0 aliphatic heterocycles. The van der Waals surface area contributed by atoms with Gasteiger partial charge >= 0.3 is 11.9 Å². The van der Waals surface area contributed by atoms with Gasteiger partial charge in [-0.3, -0.25) is 9.59 Å². The topological polar surface area (TPSA) is 92.7 Å². The Bertz CT molecular complexity index is 541. The second-order valence-electron chi connectivity index (χ2n) is 3.49. The quantitative estimate of drug-likeness (QED) is 0.517. The van der Waals surface area contributed by atoms with Crippen LogP contribution in [-0.4, -0.2) is 31.8 Å². The van der Waals surface area contributed by atoms with Gasteiger partial charge in [-0.1, -0.05) is 6.07 Å². The molecule has 0 unspecified atom stereocenters. The lowest BCUT2D eigenvalue weighted by atomic mass is 10.1. The number of hydrogen-bond donors (Lipinski definition) is 2. The van der Waals surface area contributed by atoms with Crippen LogP contribution in [0.2, 0.25) is 0 Å². The molecule has 0 saturated heterocycles. The Balaban J connectivity index is 2.82. The molecule has 20 heavy (non-hydrogen) atoms. The van der Waals surface area contributed by atoms with Crippen LogP contribution in [0, 0.1) is 0 Å². The van der Waals surface area contributed by atoms with Crippen molar-refractivity contribution in [3.8, 4) is 0 Å². The molecule has 108 valence electrons. The van der Waals surface area contributed by atoms with Crippen LogP contribution in [-0.2, 0) is 9.53 Å². The number of alkyl halides is 3. The number of benzene rings is 1. The molecular formula is C11H8Br3NO5. The number of amides is 1. The van der Waals surface area contributed by atoms with Crippen molar-refractivity contribution < 1.29 is 24.2 Å². The number of carboxylic acid groups (broad SMARTS) is 1. The van der Waals surface area contributed by atoms with Gasteiger partial charge in [-0.05, 0) is 66.0 Å². The minimum absolute atomic E-state index is 0.149. The minimum Gasteiger partial charge on any atom is -0.480 e. The van der Waals surface area contributed by atoms with Gasteiger partial charge in [0.25, 0.3) is 8.24 Å². The zero-order valence-electron chi connectivity index (χ0n) is 9.73. The summed E-state index contributed by atoms with van der Waals surface area (Å²) >= 11 is 9.03. The second kappa shape index (κ2) is 7.19. The predicted octanol–water partition coefficient (Wildman–Crippen LogP) is 2.45. The molecule has 0 aliphatic carbocycles. The van der Waals surface area contributed by atoms with Gasteiger partial charge in [0.1, 0.15) is 6.54 Å². The normalized spacial score (nSPS) is 10.8. The number of aliphatic carboxylic acids is 1. The van der Waals surface area contributed by atoms with Crippen LogP contribution in [0.5, 0.6) is 0 Å². The van der Waals surface area contributed by atoms with Crippen molar-refractivity contribution in [3.63, 3.8) is 0 Å². The Morgan fingerprint density at radius 2 is 1.80 bits per heavy atom. The first-order chi connectivity index (χ1) is 9.19. The van der Waals surface area contributed by atoms with Crippen LogP contribution < -0.4 is 5.32 Å². The molecule has 0 saturated carbocycles. The molecule has 0 fully saturated rings. The van der Waals surface area contributed by atoms with Gasteiger partial charge in [0.15, 0.2) is 0 Å². The Labute approximate surface area is 139 Å². The largest absolute Gasteiger partial charge is 0.480 e. The number of nitrogens with one attached hydrogen (secondary N) is 1. The second-order valence-corrected chi connectivity index (χ2v) is 10.0. The highest BCUT2D eigenvalue weighted by molar-refractivity contribution is 9.39. The van der Waals surface area contributed by atoms with Crippen LogP contribution in [0.4, 0.5) is 0 Å². The maximum Gasteiger partial charge on any atom is 0.340 e. The van der Waals surface area contributed by atoms with E-state index in [1.807, 2.05) is 0 Å². The number of halogens is 3. The molecule has 0 spiro atoms. The summed E-state index contributed by atoms with van der Waals surface area (Å²) in [6, 6.07) is 5.72. The van der Waals surface area contributed by atoms with Crippen molar-refractivity contribution in [3.05, 3.63) is 35.4 Å². The Morgan fingerprint density at radius 1 is 1.20 bits per heavy atom. The van der Waals surface area contributed by atoms with Gasteiger partial charge in [-0.25, -0.2) is 4.79 Å². The molecule has 1 aromatic carbocycles. The third-order valence-corrected chi connectivity index (χ3v) is 2.45. The highest BCUT2D eigenvalue weighted by atomic mass is 80.0. The van der Waals surface area contributed by atoms with E-state index in [2.05, 4.69) is 53.1 Å². The Kier molecular flexibility index (Phi) is 6.15. The molecule has 9 heteroatoms. The summed E-state index contributed by atoms with van der Waals surface area (Å²) in [5.41, 5.74) is 0.306. The molecule has 2 N–H and O–H groups in total. The third-order valence-electron chi connectivity index (χ3n) is 1.97. The van der Waals surface area contributed by atoms with Crippen LogP contribution in [0.25, 0.3) is 0 Å². The number of hydrogen-bond acceptors (Lipinski definition) is 4. The average molecular weight is 474 g/mol. The molecule has 0 aliphatic rings. The number of ether oxygens (including phenoxy) is 1. The molecule has 0 aromatic heterocycles. The molecule has 0 heterocycles. The summed E-state index contributed by atoms with van der Waals surface area (Å²) in [5.74, 6) is -2.43. The number of carbonyl (C=O) groups is 3. The molecule has 0 radical (unpaired) electrons. The number of carboxylic acids is 1. The first-order valence-corrected chi connectivity index (χ1v) is 7.47. The molecule has 1 amide bonds. The van der Waals surface area contributed by atoms with Gasteiger partial charge in [0, 0.05) is 5.56 Å². The molecule has 1 aromatic rings. The summed E-state index contributed by atoms with van der Waals surface area (Å²) in [6.07, 6.45) is 0. The number of esters is 1. The van der Waals surface area contributed by atoms with Gasteiger partial charge < -0.3 is 15.2 Å². The number of rotatable bonds is 4. The van der Waals surface area contributed by atoms with Crippen LogP contribution in [0.15, 0.2) is 24.3 Å². The van der Waals surface area contributed by atoms with Gasteiger partial charge in [0.2, 0.25) is 0 Å². The summed E-state index contributed by atoms with van der Waals surface area (Å²) in [5, 5.41) is 10.7. The standard InChI is InChI=1S/C11H8Br3NO5/c12-11(13,14)20-10(19)7-3-1-2-6(4-7)9(18)15-5-8(16)17/h1-4H,5H2,(H,15,18)(H,16,17). The summed E-state index contributed by atoms with van der Waals surface area (Å²) in [6.45, 7) is -0.499. The van der Waals surface area contributed by atoms with E-state index in [9.17, 15) is 14.4 Å². The van der Waals surface area contributed by atoms with E-state index in [-0.39, 0.29) is 11.1 Å². The fourth-order valence-electron chi connectivity index (χ4n) is 1.21. The zero-order valence-corrected chi connectivity index (χ0v) is 14.5. The first kappa shape index (κ1) is 17.1. The summed E-state index contributed by atoms with van der Waals surface area (Å²) < 4.78 is 3.75. The lowest BCUT2D eigenvalue weighted by Crippen LogP contribution is -2.29. The van der Waals surface area contributed by atoms with Crippen molar-refractivity contribution in [2.24, 2.45) is 0 Å². The maximum absolute atomic E-state index is 11.8. The molecule has 0 bridgehead atoms. The fourth-order valence-corrected chi connectivity index (χ4v) is 1.65. The first-order valence-electron chi connectivity index (χ1n) is 5.09. The molecule has 0 atom stereocenters. The highest BCUT2D eigenvalue weighted by Gasteiger charge is 2.24. The number of carbonyl (C=O) groups excluding carboxylic acids is 2. The van der Waals surface area contributed by atoms with Gasteiger partial charge in [0.05, 0.1) is 5.56 Å². The van der Waals surface area contributed by atoms with E-state index >= 15 is 0 Å². The molecular weight excluding hydrogens is 466 g/mol. The minimum atomic E-state index is -1.19. The monoisotopic (exact) mass is 471 g/mol. The molecule has 6 nitrogen and oxygen atoms in total. The van der Waals surface area contributed by atoms with Gasteiger partial charge in [-0.2, -0.15) is 0 Å². The maximum atomic E-state index is 11.8. The fraction of sp³-hybridized carbons (Fsp3) is 0.182. The zero-order chi connectivity index (χ0) is 15.3. The highest BCUT2D eigenvalue weighted by Crippen LogP contribution is 2.35. The molecule has 1 rings (SSSR count). The SMILES string of the molecule is O=C(O)CNC(=O)c1cccc(C(=O)OC(Br)(Br)Br)c1. The van der Waals surface area contributed by atoms with E-state index in [4.69, 9.17) is 9.84 Å². The van der Waals surface area contributed by atoms with Crippen LogP contribution in [0.3, 0.4) is 0 Å². The lowest BCUT2D eigenvalue weighted by molar-refractivity contribution is -0.135. The Hall–Kier alpha value is -0.930. The van der Waals surface area contributed by atoms with Crippen molar-refractivity contribution in [1.82, 2.24) is 5.32 Å². The van der Waals surface area contributed by atoms with Crippen molar-refractivity contribution in [1.29, 1.82) is 0 Å². The third kappa shape index (κ3) is 6.02. The summed E-state index contributed by atoms with van der Waals surface area (Å²) in [7, 11) is 0. The van der Waals surface area contributed by atoms with Crippen LogP contribution >= 0.6 is 47.8 Å². The van der Waals surface area contributed by atoms with E-state index in [0.29, 0.717) is 0 Å². The van der Waals surface area contributed by atoms with Crippen molar-refractivity contribution in [2.75, 3.05) is 6.54 Å². The lowest BCUT2D eigenvalue weighted by Gasteiger charge is -2.13. The van der Waals surface area contributed by atoms with Crippen molar-refractivity contribution in [2.45, 2.75) is 2.33 Å². The predicted molar refractivity (Wildman–Crippen MR) is 81.3 cm³/mol. The van der Waals surface area contributed by atoms with E-state index in [0.717, 1.165) is 0 Å². The Morgan fingerprint density at radius 3 is 2.35 bits per heavy atom. The van der Waals surface area contributed by atoms with E-state index in [1.165, 1.54) is 24.3 Å².